The maximum Gasteiger partial charge on any atom is 0.340 e. The van der Waals surface area contributed by atoms with E-state index in [1.54, 1.807) is 37.3 Å². The predicted molar refractivity (Wildman–Crippen MR) is 76.7 cm³/mol. The lowest BCUT2D eigenvalue weighted by Crippen LogP contribution is -2.40. The predicted octanol–water partition coefficient (Wildman–Crippen LogP) is 2.28. The zero-order chi connectivity index (χ0) is 15.3. The number of carbonyl (C=O) groups is 1. The van der Waals surface area contributed by atoms with Crippen molar-refractivity contribution in [2.24, 2.45) is 0 Å². The fraction of sp³-hybridized carbons (Fsp3) is 0.562. The average molecular weight is 294 g/mol. The Balaban J connectivity index is 2.03. The summed E-state index contributed by atoms with van der Waals surface area (Å²) in [5, 5.41) is 19.9. The maximum absolute atomic E-state index is 11.5. The Bertz CT molecular complexity index is 455. The minimum Gasteiger partial charge on any atom is -0.479 e. The van der Waals surface area contributed by atoms with Crippen LogP contribution in [0.4, 0.5) is 0 Å². The summed E-state index contributed by atoms with van der Waals surface area (Å²) < 4.78 is 11.2. The monoisotopic (exact) mass is 294 g/mol. The quantitative estimate of drug-likeness (QED) is 0.842. The number of benzene rings is 1. The van der Waals surface area contributed by atoms with Crippen LogP contribution in [0.25, 0.3) is 0 Å². The molecule has 5 heteroatoms. The molecule has 1 aliphatic rings. The van der Waals surface area contributed by atoms with Gasteiger partial charge >= 0.3 is 5.97 Å². The molecule has 1 fully saturated rings. The Kier molecular flexibility index (Phi) is 5.33. The molecule has 3 atom stereocenters. The highest BCUT2D eigenvalue weighted by atomic mass is 16.7. The minimum absolute atomic E-state index is 0.0216. The van der Waals surface area contributed by atoms with Crippen molar-refractivity contribution in [1.29, 1.82) is 0 Å². The molecule has 0 radical (unpaired) electrons. The van der Waals surface area contributed by atoms with Crippen molar-refractivity contribution in [1.82, 2.24) is 0 Å². The Morgan fingerprint density at radius 2 is 2.14 bits per heavy atom. The molecule has 21 heavy (non-hydrogen) atoms. The number of rotatable bonds is 6. The number of aliphatic hydroxyl groups is 1. The van der Waals surface area contributed by atoms with Crippen LogP contribution in [-0.4, -0.2) is 35.2 Å². The first-order chi connectivity index (χ1) is 10.0. The van der Waals surface area contributed by atoms with E-state index in [1.807, 2.05) is 0 Å². The number of carboxylic acids is 1. The first-order valence-electron chi connectivity index (χ1n) is 7.31. The van der Waals surface area contributed by atoms with Crippen LogP contribution in [0.1, 0.15) is 38.2 Å². The van der Waals surface area contributed by atoms with Gasteiger partial charge in [-0.05, 0) is 31.7 Å². The fourth-order valence-electron chi connectivity index (χ4n) is 2.58. The zero-order valence-corrected chi connectivity index (χ0v) is 12.2. The smallest absolute Gasteiger partial charge is 0.340 e. The molecule has 1 aromatic rings. The summed E-state index contributed by atoms with van der Waals surface area (Å²) in [5.74, 6) is -1.27. The third-order valence-electron chi connectivity index (χ3n) is 3.71. The molecule has 2 rings (SSSR count). The van der Waals surface area contributed by atoms with Gasteiger partial charge in [-0.15, -0.1) is 0 Å². The van der Waals surface area contributed by atoms with Crippen LogP contribution in [-0.2, 0) is 19.9 Å². The number of carboxylic acid groups (broad SMARTS) is 1. The van der Waals surface area contributed by atoms with Gasteiger partial charge in [0.2, 0.25) is 0 Å². The third kappa shape index (κ3) is 4.03. The zero-order valence-electron chi connectivity index (χ0n) is 12.2. The highest BCUT2D eigenvalue weighted by Crippen LogP contribution is 2.29. The van der Waals surface area contributed by atoms with Crippen LogP contribution in [0.3, 0.4) is 0 Å². The van der Waals surface area contributed by atoms with E-state index in [0.717, 1.165) is 19.3 Å². The van der Waals surface area contributed by atoms with Crippen molar-refractivity contribution in [2.45, 2.75) is 50.6 Å². The largest absolute Gasteiger partial charge is 0.479 e. The topological polar surface area (TPSA) is 76.0 Å². The van der Waals surface area contributed by atoms with Crippen molar-refractivity contribution in [3.8, 4) is 0 Å². The van der Waals surface area contributed by atoms with Crippen LogP contribution < -0.4 is 0 Å². The molecule has 0 spiro atoms. The second-order valence-corrected chi connectivity index (χ2v) is 5.48. The summed E-state index contributed by atoms with van der Waals surface area (Å²) in [7, 11) is 0. The summed E-state index contributed by atoms with van der Waals surface area (Å²) in [6, 6.07) is 8.41. The SMILES string of the molecule is CC(CC(O)(C(=O)O)c1ccccc1)OC1CCCCO1. The molecule has 0 saturated carbocycles. The van der Waals surface area contributed by atoms with Gasteiger partial charge < -0.3 is 19.7 Å². The van der Waals surface area contributed by atoms with Crippen LogP contribution in [0.15, 0.2) is 30.3 Å². The van der Waals surface area contributed by atoms with E-state index in [0.29, 0.717) is 12.2 Å². The molecule has 0 amide bonds. The second kappa shape index (κ2) is 7.02. The van der Waals surface area contributed by atoms with Crippen LogP contribution in [0, 0.1) is 0 Å². The molecule has 1 aliphatic heterocycles. The highest BCUT2D eigenvalue weighted by molar-refractivity contribution is 5.79. The van der Waals surface area contributed by atoms with Gasteiger partial charge in [-0.25, -0.2) is 4.79 Å². The second-order valence-electron chi connectivity index (χ2n) is 5.48. The molecule has 0 aliphatic carbocycles. The molecule has 0 aromatic heterocycles. The highest BCUT2D eigenvalue weighted by Gasteiger charge is 2.40. The van der Waals surface area contributed by atoms with Crippen molar-refractivity contribution >= 4 is 5.97 Å². The summed E-state index contributed by atoms with van der Waals surface area (Å²) in [6.07, 6.45) is 2.13. The lowest BCUT2D eigenvalue weighted by atomic mass is 9.88. The standard InChI is InChI=1S/C16H22O5/c1-12(21-14-9-5-6-10-20-14)11-16(19,15(17)18)13-7-3-2-4-8-13/h2-4,7-8,12,14,19H,5-6,9-11H2,1H3,(H,17,18). The molecule has 1 aromatic carbocycles. The summed E-state index contributed by atoms with van der Waals surface area (Å²) in [4.78, 5) is 11.5. The van der Waals surface area contributed by atoms with E-state index in [-0.39, 0.29) is 12.7 Å². The Morgan fingerprint density at radius 3 is 2.71 bits per heavy atom. The van der Waals surface area contributed by atoms with Crippen molar-refractivity contribution in [3.05, 3.63) is 35.9 Å². The van der Waals surface area contributed by atoms with Crippen LogP contribution >= 0.6 is 0 Å². The van der Waals surface area contributed by atoms with Gasteiger partial charge in [0.15, 0.2) is 11.9 Å². The number of ether oxygens (including phenoxy) is 2. The van der Waals surface area contributed by atoms with Crippen molar-refractivity contribution in [2.75, 3.05) is 6.61 Å². The number of hydrogen-bond acceptors (Lipinski definition) is 4. The van der Waals surface area contributed by atoms with E-state index >= 15 is 0 Å². The van der Waals surface area contributed by atoms with Crippen LogP contribution in [0.2, 0.25) is 0 Å². The lowest BCUT2D eigenvalue weighted by molar-refractivity contribution is -0.199. The Hall–Kier alpha value is -1.43. The summed E-state index contributed by atoms with van der Waals surface area (Å²) in [6.45, 7) is 2.42. The summed E-state index contributed by atoms with van der Waals surface area (Å²) >= 11 is 0. The molecule has 3 unspecified atom stereocenters. The van der Waals surface area contributed by atoms with Crippen molar-refractivity contribution in [3.63, 3.8) is 0 Å². The fourth-order valence-corrected chi connectivity index (χ4v) is 2.58. The van der Waals surface area contributed by atoms with Gasteiger partial charge in [0.25, 0.3) is 0 Å². The first-order valence-corrected chi connectivity index (χ1v) is 7.31. The molecule has 0 bridgehead atoms. The number of hydrogen-bond donors (Lipinski definition) is 2. The van der Waals surface area contributed by atoms with Gasteiger partial charge in [0.1, 0.15) is 0 Å². The minimum atomic E-state index is -1.95. The number of aliphatic carboxylic acids is 1. The Labute approximate surface area is 124 Å². The van der Waals surface area contributed by atoms with Gasteiger partial charge in [-0.3, -0.25) is 0 Å². The van der Waals surface area contributed by atoms with E-state index in [1.165, 1.54) is 0 Å². The van der Waals surface area contributed by atoms with Crippen molar-refractivity contribution < 1.29 is 24.5 Å². The van der Waals surface area contributed by atoms with E-state index < -0.39 is 17.7 Å². The summed E-state index contributed by atoms with van der Waals surface area (Å²) in [5.41, 5.74) is -1.59. The first kappa shape index (κ1) is 15.9. The Morgan fingerprint density at radius 1 is 1.43 bits per heavy atom. The van der Waals surface area contributed by atoms with E-state index in [9.17, 15) is 15.0 Å². The molecule has 2 N–H and O–H groups in total. The molecule has 1 saturated heterocycles. The molecule has 116 valence electrons. The molecular formula is C16H22O5. The maximum atomic E-state index is 11.5. The normalized spacial score (nSPS) is 23.2. The van der Waals surface area contributed by atoms with Gasteiger partial charge in [0.05, 0.1) is 6.10 Å². The molecular weight excluding hydrogens is 272 g/mol. The molecule has 1 heterocycles. The lowest BCUT2D eigenvalue weighted by Gasteiger charge is -2.30. The third-order valence-corrected chi connectivity index (χ3v) is 3.71. The van der Waals surface area contributed by atoms with Crippen LogP contribution in [0.5, 0.6) is 0 Å². The van der Waals surface area contributed by atoms with Gasteiger partial charge in [-0.1, -0.05) is 30.3 Å². The molecule has 5 nitrogen and oxygen atoms in total. The van der Waals surface area contributed by atoms with E-state index in [4.69, 9.17) is 9.47 Å². The van der Waals surface area contributed by atoms with Gasteiger partial charge in [0, 0.05) is 13.0 Å². The van der Waals surface area contributed by atoms with E-state index in [2.05, 4.69) is 0 Å². The van der Waals surface area contributed by atoms with Gasteiger partial charge in [-0.2, -0.15) is 0 Å². The average Bonchev–Trinajstić information content (AvgIpc) is 2.48.